The Balaban J connectivity index is 2.45. The van der Waals surface area contributed by atoms with Crippen molar-refractivity contribution in [1.29, 1.82) is 0 Å². The summed E-state index contributed by atoms with van der Waals surface area (Å²) in [6.45, 7) is 5.13. The number of aryl methyl sites for hydroxylation is 1. The Morgan fingerprint density at radius 1 is 1.36 bits per heavy atom. The number of hydrogen-bond acceptors (Lipinski definition) is 1. The maximum atomic E-state index is 5.36. The zero-order chi connectivity index (χ0) is 7.90. The molecule has 1 atom stereocenters. The summed E-state index contributed by atoms with van der Waals surface area (Å²) in [5, 5.41) is 0. The van der Waals surface area contributed by atoms with E-state index in [4.69, 9.17) is 4.74 Å². The molecule has 1 saturated heterocycles. The molecule has 1 heteroatoms. The van der Waals surface area contributed by atoms with Crippen LogP contribution < -0.4 is 0 Å². The van der Waals surface area contributed by atoms with E-state index in [0.717, 1.165) is 6.61 Å². The van der Waals surface area contributed by atoms with Gasteiger partial charge < -0.3 is 4.74 Å². The quantitative estimate of drug-likeness (QED) is 0.556. The van der Waals surface area contributed by atoms with E-state index in [1.54, 1.807) is 0 Å². The molecule has 2 rings (SSSR count). The topological polar surface area (TPSA) is 12.5 Å². The van der Waals surface area contributed by atoms with Gasteiger partial charge in [-0.3, -0.25) is 0 Å². The van der Waals surface area contributed by atoms with Gasteiger partial charge in [0.15, 0.2) is 0 Å². The molecule has 0 amide bonds. The first-order chi connectivity index (χ1) is 5.22. The van der Waals surface area contributed by atoms with Crippen LogP contribution in [0.15, 0.2) is 24.3 Å². The Hall–Kier alpha value is -0.820. The average molecular weight is 148 g/mol. The van der Waals surface area contributed by atoms with Crippen LogP contribution in [0.25, 0.3) is 0 Å². The molecule has 1 aromatic carbocycles. The molecule has 0 aromatic heterocycles. The standard InChI is InChI=1S/C10H12O/c1-8-5-3-4-6-9(8)10(2)7-11-10/h3-6H,7H2,1-2H3/t10-/m1/s1. The fourth-order valence-corrected chi connectivity index (χ4v) is 1.43. The third kappa shape index (κ3) is 1.05. The minimum atomic E-state index is 0.0331. The molecule has 58 valence electrons. The molecule has 0 N–H and O–H groups in total. The van der Waals surface area contributed by atoms with Gasteiger partial charge in [-0.15, -0.1) is 0 Å². The maximum Gasteiger partial charge on any atom is 0.114 e. The van der Waals surface area contributed by atoms with E-state index in [-0.39, 0.29) is 5.60 Å². The number of rotatable bonds is 1. The third-order valence-electron chi connectivity index (χ3n) is 2.29. The summed E-state index contributed by atoms with van der Waals surface area (Å²) in [6, 6.07) is 8.39. The molecule has 1 nitrogen and oxygen atoms in total. The van der Waals surface area contributed by atoms with Crippen molar-refractivity contribution in [2.24, 2.45) is 0 Å². The number of hydrogen-bond donors (Lipinski definition) is 0. The van der Waals surface area contributed by atoms with E-state index in [0.29, 0.717) is 0 Å². The summed E-state index contributed by atoms with van der Waals surface area (Å²) in [5.74, 6) is 0. The molecular weight excluding hydrogens is 136 g/mol. The third-order valence-corrected chi connectivity index (χ3v) is 2.29. The van der Waals surface area contributed by atoms with E-state index in [1.807, 2.05) is 0 Å². The van der Waals surface area contributed by atoms with E-state index < -0.39 is 0 Å². The lowest BCUT2D eigenvalue weighted by molar-refractivity contribution is 0.328. The first-order valence-corrected chi connectivity index (χ1v) is 3.92. The Bertz CT molecular complexity index is 274. The second-order valence-electron chi connectivity index (χ2n) is 3.33. The van der Waals surface area contributed by atoms with Crippen molar-refractivity contribution in [3.8, 4) is 0 Å². The summed E-state index contributed by atoms with van der Waals surface area (Å²) < 4.78 is 5.36. The van der Waals surface area contributed by atoms with Crippen molar-refractivity contribution in [1.82, 2.24) is 0 Å². The van der Waals surface area contributed by atoms with Gasteiger partial charge in [-0.2, -0.15) is 0 Å². The van der Waals surface area contributed by atoms with Crippen molar-refractivity contribution in [2.45, 2.75) is 19.4 Å². The Morgan fingerprint density at radius 3 is 2.55 bits per heavy atom. The Morgan fingerprint density at radius 2 is 2.00 bits per heavy atom. The highest BCUT2D eigenvalue weighted by molar-refractivity contribution is 5.33. The summed E-state index contributed by atoms with van der Waals surface area (Å²) >= 11 is 0. The van der Waals surface area contributed by atoms with Gasteiger partial charge in [-0.1, -0.05) is 24.3 Å². The van der Waals surface area contributed by atoms with Gasteiger partial charge in [0.1, 0.15) is 5.60 Å². The predicted molar refractivity (Wildman–Crippen MR) is 44.5 cm³/mol. The van der Waals surface area contributed by atoms with Crippen LogP contribution >= 0.6 is 0 Å². The van der Waals surface area contributed by atoms with E-state index in [2.05, 4.69) is 38.1 Å². The van der Waals surface area contributed by atoms with Crippen molar-refractivity contribution >= 4 is 0 Å². The maximum absolute atomic E-state index is 5.36. The first kappa shape index (κ1) is 6.86. The molecule has 1 aliphatic heterocycles. The number of ether oxygens (including phenoxy) is 1. The second-order valence-corrected chi connectivity index (χ2v) is 3.33. The summed E-state index contributed by atoms with van der Waals surface area (Å²) in [4.78, 5) is 0. The lowest BCUT2D eigenvalue weighted by Crippen LogP contribution is -2.03. The lowest BCUT2D eigenvalue weighted by Gasteiger charge is -2.07. The molecule has 1 fully saturated rings. The normalized spacial score (nSPS) is 28.5. The molecular formula is C10H12O. The predicted octanol–water partition coefficient (Wildman–Crippen LogP) is 2.24. The van der Waals surface area contributed by atoms with Crippen molar-refractivity contribution in [3.63, 3.8) is 0 Å². The fourth-order valence-electron chi connectivity index (χ4n) is 1.43. The van der Waals surface area contributed by atoms with Crippen LogP contribution in [0.1, 0.15) is 18.1 Å². The SMILES string of the molecule is Cc1ccccc1[C@@]1(C)CO1. The van der Waals surface area contributed by atoms with Crippen LogP contribution in [0.5, 0.6) is 0 Å². The first-order valence-electron chi connectivity index (χ1n) is 3.92. The number of benzene rings is 1. The summed E-state index contributed by atoms with van der Waals surface area (Å²) in [5.41, 5.74) is 2.69. The monoisotopic (exact) mass is 148 g/mol. The smallest absolute Gasteiger partial charge is 0.114 e. The molecule has 1 heterocycles. The van der Waals surface area contributed by atoms with Gasteiger partial charge in [-0.25, -0.2) is 0 Å². The van der Waals surface area contributed by atoms with Crippen molar-refractivity contribution < 1.29 is 4.74 Å². The Labute approximate surface area is 67.0 Å². The van der Waals surface area contributed by atoms with Crippen LogP contribution in [-0.2, 0) is 10.3 Å². The Kier molecular flexibility index (Phi) is 1.30. The minimum absolute atomic E-state index is 0.0331. The van der Waals surface area contributed by atoms with Crippen LogP contribution in [0.2, 0.25) is 0 Å². The lowest BCUT2D eigenvalue weighted by atomic mass is 9.97. The highest BCUT2D eigenvalue weighted by Gasteiger charge is 2.41. The molecule has 0 aliphatic carbocycles. The molecule has 1 aromatic rings. The van der Waals surface area contributed by atoms with Crippen molar-refractivity contribution in [3.05, 3.63) is 35.4 Å². The van der Waals surface area contributed by atoms with Gasteiger partial charge in [0.05, 0.1) is 6.61 Å². The largest absolute Gasteiger partial charge is 0.365 e. The molecule has 0 radical (unpaired) electrons. The van der Waals surface area contributed by atoms with Crippen LogP contribution in [0, 0.1) is 6.92 Å². The van der Waals surface area contributed by atoms with E-state index in [9.17, 15) is 0 Å². The van der Waals surface area contributed by atoms with Crippen LogP contribution in [0.4, 0.5) is 0 Å². The molecule has 1 aliphatic rings. The highest BCUT2D eigenvalue weighted by Crippen LogP contribution is 2.39. The average Bonchev–Trinajstić information content (AvgIpc) is 2.70. The van der Waals surface area contributed by atoms with E-state index in [1.165, 1.54) is 11.1 Å². The second kappa shape index (κ2) is 2.08. The van der Waals surface area contributed by atoms with Gasteiger partial charge in [-0.05, 0) is 25.0 Å². The van der Waals surface area contributed by atoms with Gasteiger partial charge >= 0.3 is 0 Å². The van der Waals surface area contributed by atoms with Crippen LogP contribution in [0.3, 0.4) is 0 Å². The highest BCUT2D eigenvalue weighted by atomic mass is 16.6. The summed E-state index contributed by atoms with van der Waals surface area (Å²) in [7, 11) is 0. The molecule has 0 unspecified atom stereocenters. The zero-order valence-corrected chi connectivity index (χ0v) is 6.92. The summed E-state index contributed by atoms with van der Waals surface area (Å²) in [6.07, 6.45) is 0. The minimum Gasteiger partial charge on any atom is -0.365 e. The van der Waals surface area contributed by atoms with Crippen LogP contribution in [-0.4, -0.2) is 6.61 Å². The molecule has 0 saturated carbocycles. The van der Waals surface area contributed by atoms with Crippen molar-refractivity contribution in [2.75, 3.05) is 6.61 Å². The number of epoxide rings is 1. The van der Waals surface area contributed by atoms with Gasteiger partial charge in [0, 0.05) is 0 Å². The molecule has 11 heavy (non-hydrogen) atoms. The van der Waals surface area contributed by atoms with E-state index >= 15 is 0 Å². The van der Waals surface area contributed by atoms with Gasteiger partial charge in [0.25, 0.3) is 0 Å². The molecule has 0 spiro atoms. The molecule has 0 bridgehead atoms. The zero-order valence-electron chi connectivity index (χ0n) is 6.92. The fraction of sp³-hybridized carbons (Fsp3) is 0.400. The van der Waals surface area contributed by atoms with Gasteiger partial charge in [0.2, 0.25) is 0 Å².